The number of benzene rings is 2. The molecule has 2 atom stereocenters. The zero-order chi connectivity index (χ0) is 14.8. The highest BCUT2D eigenvalue weighted by molar-refractivity contribution is 5.41. The molecule has 2 unspecified atom stereocenters. The van der Waals surface area contributed by atoms with E-state index in [0.29, 0.717) is 17.9 Å². The first kappa shape index (κ1) is 14.2. The predicted octanol–water partition coefficient (Wildman–Crippen LogP) is 3.83. The van der Waals surface area contributed by atoms with Gasteiger partial charge in [0.2, 0.25) is 0 Å². The summed E-state index contributed by atoms with van der Waals surface area (Å²) < 4.78 is 27.2. The standard InChI is InChI=1S/C18H19F2N/c1-2-21-18(11-13-9-14(19)7-8-17(13)20)16-10-12-5-3-4-6-15(12)16/h3-9,16,18,21H,2,10-11H2,1H3. The summed E-state index contributed by atoms with van der Waals surface area (Å²) in [6, 6.07) is 12.2. The Morgan fingerprint density at radius 3 is 2.76 bits per heavy atom. The molecule has 3 heteroatoms. The van der Waals surface area contributed by atoms with Gasteiger partial charge in [-0.3, -0.25) is 0 Å². The van der Waals surface area contributed by atoms with Gasteiger partial charge < -0.3 is 5.32 Å². The van der Waals surface area contributed by atoms with Crippen molar-refractivity contribution in [1.82, 2.24) is 5.32 Å². The van der Waals surface area contributed by atoms with Crippen LogP contribution in [0.25, 0.3) is 0 Å². The van der Waals surface area contributed by atoms with Crippen LogP contribution < -0.4 is 5.32 Å². The van der Waals surface area contributed by atoms with Crippen LogP contribution in [0.4, 0.5) is 8.78 Å². The fraction of sp³-hybridized carbons (Fsp3) is 0.333. The number of hydrogen-bond acceptors (Lipinski definition) is 1. The maximum atomic E-state index is 13.9. The second-order valence-corrected chi connectivity index (χ2v) is 5.61. The molecule has 0 spiro atoms. The summed E-state index contributed by atoms with van der Waals surface area (Å²) in [5.74, 6) is -0.327. The zero-order valence-corrected chi connectivity index (χ0v) is 12.1. The van der Waals surface area contributed by atoms with Crippen molar-refractivity contribution in [3.8, 4) is 0 Å². The molecule has 3 rings (SSSR count). The molecule has 0 heterocycles. The molecule has 2 aromatic carbocycles. The van der Waals surface area contributed by atoms with Gasteiger partial charge in [0.15, 0.2) is 0 Å². The summed E-state index contributed by atoms with van der Waals surface area (Å²) >= 11 is 0. The van der Waals surface area contributed by atoms with Crippen molar-refractivity contribution in [1.29, 1.82) is 0 Å². The van der Waals surface area contributed by atoms with E-state index in [1.807, 2.05) is 19.1 Å². The Kier molecular flexibility index (Phi) is 4.02. The van der Waals surface area contributed by atoms with E-state index in [2.05, 4.69) is 17.4 Å². The Hall–Kier alpha value is -1.74. The molecule has 0 amide bonds. The van der Waals surface area contributed by atoms with Crippen LogP contribution in [0.1, 0.15) is 29.5 Å². The van der Waals surface area contributed by atoms with Crippen molar-refractivity contribution in [3.05, 3.63) is 70.8 Å². The molecule has 0 radical (unpaired) electrons. The van der Waals surface area contributed by atoms with Gasteiger partial charge in [-0.25, -0.2) is 8.78 Å². The van der Waals surface area contributed by atoms with Crippen LogP contribution in [-0.2, 0) is 12.8 Å². The van der Waals surface area contributed by atoms with Gasteiger partial charge in [0.25, 0.3) is 0 Å². The van der Waals surface area contributed by atoms with Gasteiger partial charge in [-0.05, 0) is 54.3 Å². The summed E-state index contributed by atoms with van der Waals surface area (Å²) in [7, 11) is 0. The highest BCUT2D eigenvalue weighted by Crippen LogP contribution is 2.38. The third-order valence-corrected chi connectivity index (χ3v) is 4.29. The van der Waals surface area contributed by atoms with Gasteiger partial charge in [0, 0.05) is 12.0 Å². The van der Waals surface area contributed by atoms with Crippen LogP contribution in [0.5, 0.6) is 0 Å². The lowest BCUT2D eigenvalue weighted by molar-refractivity contribution is 0.399. The number of nitrogens with one attached hydrogen (secondary N) is 1. The molecule has 0 bridgehead atoms. The third-order valence-electron chi connectivity index (χ3n) is 4.29. The summed E-state index contributed by atoms with van der Waals surface area (Å²) in [6.45, 7) is 2.86. The fourth-order valence-corrected chi connectivity index (χ4v) is 3.21. The molecule has 0 aliphatic heterocycles. The Balaban J connectivity index is 1.82. The van der Waals surface area contributed by atoms with Crippen LogP contribution in [-0.4, -0.2) is 12.6 Å². The molecule has 1 aliphatic carbocycles. The second-order valence-electron chi connectivity index (χ2n) is 5.61. The number of fused-ring (bicyclic) bond motifs is 1. The molecule has 0 saturated heterocycles. The smallest absolute Gasteiger partial charge is 0.126 e. The van der Waals surface area contributed by atoms with Crippen LogP contribution in [0.3, 0.4) is 0 Å². The van der Waals surface area contributed by atoms with Gasteiger partial charge >= 0.3 is 0 Å². The van der Waals surface area contributed by atoms with Crippen LogP contribution in [0.2, 0.25) is 0 Å². The van der Waals surface area contributed by atoms with E-state index < -0.39 is 0 Å². The van der Waals surface area contributed by atoms with Crippen molar-refractivity contribution in [2.45, 2.75) is 31.7 Å². The highest BCUT2D eigenvalue weighted by atomic mass is 19.1. The first-order chi connectivity index (χ1) is 10.2. The van der Waals surface area contributed by atoms with E-state index in [9.17, 15) is 8.78 Å². The average Bonchev–Trinajstić information content (AvgIpc) is 2.44. The molecule has 1 N–H and O–H groups in total. The molecule has 0 aromatic heterocycles. The maximum Gasteiger partial charge on any atom is 0.126 e. The Bertz CT molecular complexity index is 639. The molecular weight excluding hydrogens is 268 g/mol. The second kappa shape index (κ2) is 5.94. The summed E-state index contributed by atoms with van der Waals surface area (Å²) in [6.07, 6.45) is 1.52. The zero-order valence-electron chi connectivity index (χ0n) is 12.1. The van der Waals surface area contributed by atoms with E-state index in [1.54, 1.807) is 0 Å². The number of likely N-dealkylation sites (N-methyl/N-ethyl adjacent to an activating group) is 1. The third kappa shape index (κ3) is 2.84. The van der Waals surface area contributed by atoms with Gasteiger partial charge in [0.05, 0.1) is 0 Å². The number of halogens is 2. The average molecular weight is 287 g/mol. The number of hydrogen-bond donors (Lipinski definition) is 1. The topological polar surface area (TPSA) is 12.0 Å². The van der Waals surface area contributed by atoms with Crippen molar-refractivity contribution < 1.29 is 8.78 Å². The summed E-state index contributed by atoms with van der Waals surface area (Å²) in [5.41, 5.74) is 3.15. The van der Waals surface area contributed by atoms with Crippen molar-refractivity contribution in [2.24, 2.45) is 0 Å². The van der Waals surface area contributed by atoms with Gasteiger partial charge in [-0.15, -0.1) is 0 Å². The molecule has 21 heavy (non-hydrogen) atoms. The SMILES string of the molecule is CCNC(Cc1cc(F)ccc1F)C1Cc2ccccc21. The molecular formula is C18H19F2N. The first-order valence-electron chi connectivity index (χ1n) is 7.44. The molecule has 0 saturated carbocycles. The minimum atomic E-state index is -0.379. The van der Waals surface area contributed by atoms with Crippen LogP contribution >= 0.6 is 0 Å². The summed E-state index contributed by atoms with van der Waals surface area (Å²) in [4.78, 5) is 0. The monoisotopic (exact) mass is 287 g/mol. The minimum Gasteiger partial charge on any atom is -0.313 e. The fourth-order valence-electron chi connectivity index (χ4n) is 3.21. The van der Waals surface area contributed by atoms with E-state index in [1.165, 1.54) is 29.3 Å². The van der Waals surface area contributed by atoms with Crippen LogP contribution in [0, 0.1) is 11.6 Å². The van der Waals surface area contributed by atoms with Gasteiger partial charge in [-0.2, -0.15) is 0 Å². The van der Waals surface area contributed by atoms with E-state index in [4.69, 9.17) is 0 Å². The largest absolute Gasteiger partial charge is 0.313 e. The lowest BCUT2D eigenvalue weighted by Gasteiger charge is -2.37. The predicted molar refractivity (Wildman–Crippen MR) is 80.4 cm³/mol. The Morgan fingerprint density at radius 2 is 2.00 bits per heavy atom. The van der Waals surface area contributed by atoms with Gasteiger partial charge in [0.1, 0.15) is 11.6 Å². The lowest BCUT2D eigenvalue weighted by atomic mass is 9.72. The molecule has 1 nitrogen and oxygen atoms in total. The Labute approximate surface area is 124 Å². The number of rotatable bonds is 5. The van der Waals surface area contributed by atoms with Crippen molar-refractivity contribution in [2.75, 3.05) is 6.54 Å². The van der Waals surface area contributed by atoms with Gasteiger partial charge in [-0.1, -0.05) is 31.2 Å². The van der Waals surface area contributed by atoms with Crippen molar-refractivity contribution >= 4 is 0 Å². The molecule has 110 valence electrons. The highest BCUT2D eigenvalue weighted by Gasteiger charge is 2.32. The van der Waals surface area contributed by atoms with E-state index in [0.717, 1.165) is 13.0 Å². The molecule has 0 fully saturated rings. The van der Waals surface area contributed by atoms with E-state index in [-0.39, 0.29) is 17.7 Å². The maximum absolute atomic E-state index is 13.9. The lowest BCUT2D eigenvalue weighted by Crippen LogP contribution is -2.41. The minimum absolute atomic E-state index is 0.140. The normalized spacial score (nSPS) is 18.0. The van der Waals surface area contributed by atoms with E-state index >= 15 is 0 Å². The summed E-state index contributed by atoms with van der Waals surface area (Å²) in [5, 5.41) is 3.43. The van der Waals surface area contributed by atoms with Crippen molar-refractivity contribution in [3.63, 3.8) is 0 Å². The quantitative estimate of drug-likeness (QED) is 0.881. The first-order valence-corrected chi connectivity index (χ1v) is 7.44. The molecule has 1 aliphatic rings. The molecule has 2 aromatic rings. The van der Waals surface area contributed by atoms with Crippen LogP contribution in [0.15, 0.2) is 42.5 Å². The Morgan fingerprint density at radius 1 is 1.19 bits per heavy atom.